The van der Waals surface area contributed by atoms with Crippen molar-refractivity contribution in [1.82, 2.24) is 9.80 Å². The summed E-state index contributed by atoms with van der Waals surface area (Å²) >= 11 is 0. The molecule has 2 saturated heterocycles. The van der Waals surface area contributed by atoms with Gasteiger partial charge in [0.15, 0.2) is 0 Å². The number of likely N-dealkylation sites (tertiary alicyclic amines) is 2. The van der Waals surface area contributed by atoms with E-state index in [1.165, 1.54) is 7.11 Å². The number of carbonyl (C=O) groups is 2. The first-order chi connectivity index (χ1) is 12.7. The number of nitrogens with zero attached hydrogens (tertiary/aromatic N) is 2. The minimum atomic E-state index is -0.459. The monoisotopic (exact) mass is 384 g/mol. The molecule has 1 unspecified atom stereocenters. The molecule has 27 heavy (non-hydrogen) atoms. The molecule has 0 aromatic rings. The maximum Gasteiger partial charge on any atom is 0.410 e. The first kappa shape index (κ1) is 22.0. The lowest BCUT2D eigenvalue weighted by atomic mass is 9.71. The lowest BCUT2D eigenvalue weighted by Gasteiger charge is -2.48. The molecular weight excluding hydrogens is 348 g/mol. The van der Waals surface area contributed by atoms with Crippen LogP contribution in [0.5, 0.6) is 0 Å². The number of methoxy groups -OCH3 is 1. The Kier molecular flexibility index (Phi) is 7.51. The van der Waals surface area contributed by atoms with E-state index in [4.69, 9.17) is 9.47 Å². The van der Waals surface area contributed by atoms with Gasteiger partial charge in [0.1, 0.15) is 5.60 Å². The smallest absolute Gasteiger partial charge is 0.410 e. The Labute approximate surface area is 163 Å². The van der Waals surface area contributed by atoms with Gasteiger partial charge in [-0.2, -0.15) is 0 Å². The first-order valence-corrected chi connectivity index (χ1v) is 10.1. The van der Waals surface area contributed by atoms with Crippen molar-refractivity contribution < 1.29 is 24.2 Å². The summed E-state index contributed by atoms with van der Waals surface area (Å²) in [7, 11) is 1.40. The predicted molar refractivity (Wildman–Crippen MR) is 102 cm³/mol. The molecule has 0 aliphatic carbocycles. The van der Waals surface area contributed by atoms with Crippen LogP contribution in [0, 0.1) is 5.41 Å². The third-order valence-electron chi connectivity index (χ3n) is 5.94. The molecule has 2 aliphatic heterocycles. The van der Waals surface area contributed by atoms with Crippen molar-refractivity contribution in [2.45, 2.75) is 70.9 Å². The molecule has 1 spiro atoms. The third-order valence-corrected chi connectivity index (χ3v) is 5.94. The number of aliphatic hydroxyl groups is 1. The van der Waals surface area contributed by atoms with Gasteiger partial charge < -0.3 is 19.5 Å². The van der Waals surface area contributed by atoms with Crippen molar-refractivity contribution in [2.75, 3.05) is 39.9 Å². The van der Waals surface area contributed by atoms with E-state index in [-0.39, 0.29) is 30.1 Å². The molecule has 7 heteroatoms. The van der Waals surface area contributed by atoms with Crippen LogP contribution in [0.25, 0.3) is 0 Å². The molecule has 1 N–H and O–H groups in total. The Hall–Kier alpha value is -1.34. The van der Waals surface area contributed by atoms with Gasteiger partial charge in [-0.25, -0.2) is 4.79 Å². The van der Waals surface area contributed by atoms with Crippen LogP contribution < -0.4 is 0 Å². The molecular formula is C20H36N2O5. The van der Waals surface area contributed by atoms with E-state index in [1.807, 2.05) is 25.7 Å². The lowest BCUT2D eigenvalue weighted by Crippen LogP contribution is -2.51. The summed E-state index contributed by atoms with van der Waals surface area (Å²) in [6.45, 7) is 9.10. The number of hydrogen-bond acceptors (Lipinski definition) is 6. The molecule has 2 heterocycles. The average Bonchev–Trinajstić information content (AvgIpc) is 2.61. The minimum absolute atomic E-state index is 0.0432. The van der Waals surface area contributed by atoms with Crippen LogP contribution in [-0.2, 0) is 14.3 Å². The SMILES string of the molecule is COC(=O)CC(CCO)N1CCC2(CCN(C(=O)OC(C)(C)C)CC2)CC1. The van der Waals surface area contributed by atoms with Crippen molar-refractivity contribution in [1.29, 1.82) is 0 Å². The Balaban J connectivity index is 1.84. The largest absolute Gasteiger partial charge is 0.469 e. The van der Waals surface area contributed by atoms with Gasteiger partial charge in [-0.3, -0.25) is 9.69 Å². The van der Waals surface area contributed by atoms with Gasteiger partial charge in [0, 0.05) is 25.7 Å². The molecule has 0 saturated carbocycles. The number of hydrogen-bond donors (Lipinski definition) is 1. The fourth-order valence-corrected chi connectivity index (χ4v) is 4.19. The van der Waals surface area contributed by atoms with Crippen LogP contribution in [0.2, 0.25) is 0 Å². The molecule has 156 valence electrons. The van der Waals surface area contributed by atoms with Crippen LogP contribution in [0.4, 0.5) is 4.79 Å². The summed E-state index contributed by atoms with van der Waals surface area (Å²) in [5.74, 6) is -0.223. The van der Waals surface area contributed by atoms with Gasteiger partial charge in [-0.1, -0.05) is 0 Å². The highest BCUT2D eigenvalue weighted by Gasteiger charge is 2.40. The number of rotatable bonds is 5. The number of amides is 1. The molecule has 7 nitrogen and oxygen atoms in total. The fourth-order valence-electron chi connectivity index (χ4n) is 4.19. The van der Waals surface area contributed by atoms with E-state index >= 15 is 0 Å². The van der Waals surface area contributed by atoms with Gasteiger partial charge in [0.2, 0.25) is 0 Å². The van der Waals surface area contributed by atoms with E-state index < -0.39 is 5.60 Å². The van der Waals surface area contributed by atoms with Crippen molar-refractivity contribution >= 4 is 12.1 Å². The second-order valence-corrected chi connectivity index (χ2v) is 8.95. The van der Waals surface area contributed by atoms with Gasteiger partial charge >= 0.3 is 12.1 Å². The van der Waals surface area contributed by atoms with Crippen molar-refractivity contribution in [3.63, 3.8) is 0 Å². The van der Waals surface area contributed by atoms with Crippen molar-refractivity contribution in [3.05, 3.63) is 0 Å². The summed E-state index contributed by atoms with van der Waals surface area (Å²) in [6.07, 6.45) is 4.85. The average molecular weight is 385 g/mol. The van der Waals surface area contributed by atoms with Crippen LogP contribution in [0.3, 0.4) is 0 Å². The summed E-state index contributed by atoms with van der Waals surface area (Å²) in [6, 6.07) is 0.0432. The van der Waals surface area contributed by atoms with Crippen LogP contribution in [0.15, 0.2) is 0 Å². The van der Waals surface area contributed by atoms with Crippen molar-refractivity contribution in [3.8, 4) is 0 Å². The van der Waals surface area contributed by atoms with Gasteiger partial charge in [0.25, 0.3) is 0 Å². The Morgan fingerprint density at radius 1 is 1.07 bits per heavy atom. The maximum atomic E-state index is 12.3. The summed E-state index contributed by atoms with van der Waals surface area (Å²) in [5, 5.41) is 9.33. The van der Waals surface area contributed by atoms with Gasteiger partial charge in [-0.05, 0) is 71.4 Å². The molecule has 1 amide bonds. The zero-order chi connectivity index (χ0) is 20.1. The molecule has 0 radical (unpaired) electrons. The molecule has 0 aromatic carbocycles. The third kappa shape index (κ3) is 6.35. The number of ether oxygens (including phenoxy) is 2. The minimum Gasteiger partial charge on any atom is -0.469 e. The molecule has 1 atom stereocenters. The van der Waals surface area contributed by atoms with E-state index in [0.717, 1.165) is 51.9 Å². The first-order valence-electron chi connectivity index (χ1n) is 10.1. The summed E-state index contributed by atoms with van der Waals surface area (Å²) in [4.78, 5) is 28.1. The fraction of sp³-hybridized carbons (Fsp3) is 0.900. The number of esters is 1. The highest BCUT2D eigenvalue weighted by atomic mass is 16.6. The predicted octanol–water partition coefficient (Wildman–Crippen LogP) is 2.41. The highest BCUT2D eigenvalue weighted by Crippen LogP contribution is 2.42. The zero-order valence-electron chi connectivity index (χ0n) is 17.3. The van der Waals surface area contributed by atoms with E-state index in [0.29, 0.717) is 12.8 Å². The second-order valence-electron chi connectivity index (χ2n) is 8.95. The quantitative estimate of drug-likeness (QED) is 0.734. The number of piperidine rings is 2. The van der Waals surface area contributed by atoms with Gasteiger partial charge in [-0.15, -0.1) is 0 Å². The topological polar surface area (TPSA) is 79.3 Å². The highest BCUT2D eigenvalue weighted by molar-refractivity contribution is 5.70. The molecule has 2 rings (SSSR count). The number of aliphatic hydroxyl groups excluding tert-OH is 1. The van der Waals surface area contributed by atoms with Crippen LogP contribution in [-0.4, -0.2) is 78.5 Å². The van der Waals surface area contributed by atoms with E-state index in [2.05, 4.69) is 4.90 Å². The van der Waals surface area contributed by atoms with Crippen LogP contribution in [0.1, 0.15) is 59.3 Å². The van der Waals surface area contributed by atoms with E-state index in [9.17, 15) is 14.7 Å². The molecule has 0 bridgehead atoms. The molecule has 0 aromatic heterocycles. The van der Waals surface area contributed by atoms with Crippen LogP contribution >= 0.6 is 0 Å². The van der Waals surface area contributed by atoms with E-state index in [1.54, 1.807) is 0 Å². The lowest BCUT2D eigenvalue weighted by molar-refractivity contribution is -0.142. The second kappa shape index (κ2) is 9.24. The Morgan fingerprint density at radius 2 is 1.63 bits per heavy atom. The number of carbonyl (C=O) groups excluding carboxylic acids is 2. The normalized spacial score (nSPS) is 21.7. The Bertz CT molecular complexity index is 499. The summed E-state index contributed by atoms with van der Waals surface area (Å²) in [5.41, 5.74) is -0.178. The van der Waals surface area contributed by atoms with Gasteiger partial charge in [0.05, 0.1) is 13.5 Å². The standard InChI is InChI=1S/C20H36N2O5/c1-19(2,3)27-18(25)22-12-8-20(9-13-22)6-10-21(11-7-20)16(5-14-23)15-17(24)26-4/h16,23H,5-15H2,1-4H3. The maximum absolute atomic E-state index is 12.3. The Morgan fingerprint density at radius 3 is 2.11 bits per heavy atom. The summed E-state index contributed by atoms with van der Waals surface area (Å²) < 4.78 is 10.3. The zero-order valence-corrected chi connectivity index (χ0v) is 17.3. The molecule has 2 fully saturated rings. The molecule has 2 aliphatic rings. The van der Waals surface area contributed by atoms with Crippen molar-refractivity contribution in [2.24, 2.45) is 5.41 Å².